The fourth-order valence-corrected chi connectivity index (χ4v) is 3.19. The van der Waals surface area contributed by atoms with Crippen LogP contribution < -0.4 is 11.1 Å². The molecule has 1 atom stereocenters. The first-order valence-corrected chi connectivity index (χ1v) is 7.28. The van der Waals surface area contributed by atoms with E-state index in [1.807, 2.05) is 16.8 Å². The Balaban J connectivity index is 0.00000162. The van der Waals surface area contributed by atoms with Gasteiger partial charge in [0.1, 0.15) is 0 Å². The molecule has 1 aliphatic carbocycles. The molecular weight excluding hydrogens is 268 g/mol. The number of nitrogens with one attached hydrogen (secondary N) is 1. The second-order valence-electron chi connectivity index (χ2n) is 4.73. The summed E-state index contributed by atoms with van der Waals surface area (Å²) in [5.74, 6) is 0.587. The summed E-state index contributed by atoms with van der Waals surface area (Å²) < 4.78 is 0. The van der Waals surface area contributed by atoms with E-state index in [1.54, 1.807) is 11.3 Å². The zero-order valence-electron chi connectivity index (χ0n) is 10.4. The number of thiophene rings is 1. The molecule has 0 aliphatic heterocycles. The van der Waals surface area contributed by atoms with Crippen LogP contribution in [0.4, 0.5) is 0 Å². The van der Waals surface area contributed by atoms with E-state index in [9.17, 15) is 4.79 Å². The predicted molar refractivity (Wildman–Crippen MR) is 78.5 cm³/mol. The Morgan fingerprint density at radius 3 is 2.72 bits per heavy atom. The maximum atomic E-state index is 12.0. The summed E-state index contributed by atoms with van der Waals surface area (Å²) in [5.41, 5.74) is 6.55. The summed E-state index contributed by atoms with van der Waals surface area (Å²) in [4.78, 5) is 12.0. The van der Waals surface area contributed by atoms with Gasteiger partial charge in [0.05, 0.1) is 0 Å². The van der Waals surface area contributed by atoms with E-state index in [2.05, 4.69) is 5.32 Å². The van der Waals surface area contributed by atoms with E-state index in [0.29, 0.717) is 12.5 Å². The third-order valence-electron chi connectivity index (χ3n) is 3.57. The van der Waals surface area contributed by atoms with Crippen molar-refractivity contribution in [2.45, 2.75) is 38.1 Å². The van der Waals surface area contributed by atoms with Gasteiger partial charge in [-0.15, -0.1) is 12.4 Å². The van der Waals surface area contributed by atoms with Crippen LogP contribution in [0.15, 0.2) is 16.8 Å². The molecule has 1 heterocycles. The lowest BCUT2D eigenvalue weighted by atomic mass is 9.84. The number of carbonyl (C=O) groups is 1. The van der Waals surface area contributed by atoms with E-state index in [1.165, 1.54) is 32.1 Å². The van der Waals surface area contributed by atoms with Crippen LogP contribution in [0.1, 0.15) is 42.5 Å². The normalized spacial score (nSPS) is 17.8. The molecule has 0 aromatic carbocycles. The standard InChI is InChI=1S/C13H20N2OS.ClH/c14-8-12(10-4-2-1-3-5-10)15-13(16)11-6-7-17-9-11;/h6-7,9-10,12H,1-5,8,14H2,(H,15,16);1H. The highest BCUT2D eigenvalue weighted by atomic mass is 35.5. The van der Waals surface area contributed by atoms with Gasteiger partial charge in [-0.3, -0.25) is 4.79 Å². The molecule has 18 heavy (non-hydrogen) atoms. The van der Waals surface area contributed by atoms with E-state index in [0.717, 1.165) is 5.56 Å². The lowest BCUT2D eigenvalue weighted by Gasteiger charge is -2.29. The molecule has 102 valence electrons. The Kier molecular flexibility index (Phi) is 6.68. The average molecular weight is 289 g/mol. The number of halogens is 1. The van der Waals surface area contributed by atoms with Crippen molar-refractivity contribution in [2.24, 2.45) is 11.7 Å². The van der Waals surface area contributed by atoms with E-state index < -0.39 is 0 Å². The van der Waals surface area contributed by atoms with Crippen molar-refractivity contribution < 1.29 is 4.79 Å². The van der Waals surface area contributed by atoms with Crippen molar-refractivity contribution in [3.8, 4) is 0 Å². The molecule has 1 unspecified atom stereocenters. The van der Waals surface area contributed by atoms with Crippen molar-refractivity contribution in [1.29, 1.82) is 0 Å². The fourth-order valence-electron chi connectivity index (χ4n) is 2.55. The molecule has 0 saturated heterocycles. The monoisotopic (exact) mass is 288 g/mol. The summed E-state index contributed by atoms with van der Waals surface area (Å²) in [6, 6.07) is 2.00. The molecule has 0 bridgehead atoms. The first kappa shape index (κ1) is 15.5. The highest BCUT2D eigenvalue weighted by Gasteiger charge is 2.24. The van der Waals surface area contributed by atoms with E-state index >= 15 is 0 Å². The Hall–Kier alpha value is -0.580. The smallest absolute Gasteiger partial charge is 0.252 e. The minimum Gasteiger partial charge on any atom is -0.348 e. The van der Waals surface area contributed by atoms with Gasteiger partial charge >= 0.3 is 0 Å². The average Bonchev–Trinajstić information content (AvgIpc) is 2.90. The van der Waals surface area contributed by atoms with Crippen molar-refractivity contribution in [2.75, 3.05) is 6.54 Å². The van der Waals surface area contributed by atoms with Gasteiger partial charge < -0.3 is 11.1 Å². The summed E-state index contributed by atoms with van der Waals surface area (Å²) in [6.45, 7) is 0.542. The maximum absolute atomic E-state index is 12.0. The lowest BCUT2D eigenvalue weighted by molar-refractivity contribution is 0.0916. The molecule has 2 rings (SSSR count). The first-order valence-electron chi connectivity index (χ1n) is 6.34. The third-order valence-corrected chi connectivity index (χ3v) is 4.26. The highest BCUT2D eigenvalue weighted by molar-refractivity contribution is 7.08. The minimum absolute atomic E-state index is 0. The molecule has 1 amide bonds. The quantitative estimate of drug-likeness (QED) is 0.895. The van der Waals surface area contributed by atoms with Crippen molar-refractivity contribution >= 4 is 29.7 Å². The molecule has 1 aromatic rings. The topological polar surface area (TPSA) is 55.1 Å². The Morgan fingerprint density at radius 1 is 1.44 bits per heavy atom. The number of rotatable bonds is 4. The molecular formula is C13H21ClN2OS. The van der Waals surface area contributed by atoms with Crippen LogP contribution in [-0.4, -0.2) is 18.5 Å². The third kappa shape index (κ3) is 3.97. The molecule has 1 aliphatic rings. The van der Waals surface area contributed by atoms with E-state index in [4.69, 9.17) is 5.73 Å². The van der Waals surface area contributed by atoms with Crippen molar-refractivity contribution in [1.82, 2.24) is 5.32 Å². The minimum atomic E-state index is 0. The number of amides is 1. The summed E-state index contributed by atoms with van der Waals surface area (Å²) >= 11 is 1.55. The van der Waals surface area contributed by atoms with Crippen LogP contribution in [0.5, 0.6) is 0 Å². The Bertz CT molecular complexity index is 350. The SMILES string of the molecule is Cl.NCC(NC(=O)c1ccsc1)C1CCCCC1. The zero-order valence-corrected chi connectivity index (χ0v) is 12.1. The molecule has 3 N–H and O–H groups in total. The fraction of sp³-hybridized carbons (Fsp3) is 0.615. The second-order valence-corrected chi connectivity index (χ2v) is 5.51. The van der Waals surface area contributed by atoms with Gasteiger partial charge in [0.2, 0.25) is 0 Å². The molecule has 5 heteroatoms. The second kappa shape index (κ2) is 7.77. The van der Waals surface area contributed by atoms with Gasteiger partial charge in [0.25, 0.3) is 5.91 Å². The molecule has 0 radical (unpaired) electrons. The summed E-state index contributed by atoms with van der Waals surface area (Å²) in [5, 5.41) is 6.88. The lowest BCUT2D eigenvalue weighted by Crippen LogP contribution is -2.45. The van der Waals surface area contributed by atoms with Gasteiger partial charge in [0.15, 0.2) is 0 Å². The van der Waals surface area contributed by atoms with Gasteiger partial charge in [-0.2, -0.15) is 11.3 Å². The van der Waals surface area contributed by atoms with Crippen LogP contribution >= 0.6 is 23.7 Å². The van der Waals surface area contributed by atoms with Gasteiger partial charge in [-0.05, 0) is 30.2 Å². The maximum Gasteiger partial charge on any atom is 0.252 e. The van der Waals surface area contributed by atoms with Gasteiger partial charge in [-0.25, -0.2) is 0 Å². The van der Waals surface area contributed by atoms with Crippen molar-refractivity contribution in [3.63, 3.8) is 0 Å². The number of carbonyl (C=O) groups excluding carboxylic acids is 1. The first-order chi connectivity index (χ1) is 8.31. The molecule has 1 fully saturated rings. The number of hydrogen-bond acceptors (Lipinski definition) is 3. The van der Waals surface area contributed by atoms with Crippen LogP contribution in [0.3, 0.4) is 0 Å². The zero-order chi connectivity index (χ0) is 12.1. The molecule has 1 aromatic heterocycles. The largest absolute Gasteiger partial charge is 0.348 e. The van der Waals surface area contributed by atoms with Crippen LogP contribution in [-0.2, 0) is 0 Å². The molecule has 1 saturated carbocycles. The number of hydrogen-bond donors (Lipinski definition) is 2. The van der Waals surface area contributed by atoms with Gasteiger partial charge in [0, 0.05) is 23.5 Å². The predicted octanol–water partition coefficient (Wildman–Crippen LogP) is 2.81. The Morgan fingerprint density at radius 2 is 2.17 bits per heavy atom. The van der Waals surface area contributed by atoms with Crippen molar-refractivity contribution in [3.05, 3.63) is 22.4 Å². The number of nitrogens with two attached hydrogens (primary N) is 1. The van der Waals surface area contributed by atoms with Crippen LogP contribution in [0.25, 0.3) is 0 Å². The van der Waals surface area contributed by atoms with Gasteiger partial charge in [-0.1, -0.05) is 19.3 Å². The highest BCUT2D eigenvalue weighted by Crippen LogP contribution is 2.26. The van der Waals surface area contributed by atoms with Crippen LogP contribution in [0.2, 0.25) is 0 Å². The Labute approximate surface area is 119 Å². The molecule has 3 nitrogen and oxygen atoms in total. The summed E-state index contributed by atoms with van der Waals surface area (Å²) in [7, 11) is 0. The summed E-state index contributed by atoms with van der Waals surface area (Å²) in [6.07, 6.45) is 6.27. The van der Waals surface area contributed by atoms with E-state index in [-0.39, 0.29) is 24.4 Å². The molecule has 0 spiro atoms. The van der Waals surface area contributed by atoms with Crippen LogP contribution in [0, 0.1) is 5.92 Å².